The van der Waals surface area contributed by atoms with Gasteiger partial charge in [-0.3, -0.25) is 14.6 Å². The fourth-order valence-electron chi connectivity index (χ4n) is 4.40. The van der Waals surface area contributed by atoms with Gasteiger partial charge in [0.05, 0.1) is 23.6 Å². The number of carboxylic acids is 1. The smallest absolute Gasteiger partial charge is 0.306 e. The molecule has 2 aromatic rings. The van der Waals surface area contributed by atoms with E-state index in [1.165, 1.54) is 5.56 Å². The van der Waals surface area contributed by atoms with Crippen LogP contribution in [-0.4, -0.2) is 28.1 Å². The first-order valence-corrected chi connectivity index (χ1v) is 9.54. The van der Waals surface area contributed by atoms with Gasteiger partial charge >= 0.3 is 5.97 Å². The quantitative estimate of drug-likeness (QED) is 0.825. The summed E-state index contributed by atoms with van der Waals surface area (Å²) >= 11 is 0. The lowest BCUT2D eigenvalue weighted by molar-refractivity contribution is -0.143. The molecular formula is C23H23NO3. The van der Waals surface area contributed by atoms with Crippen molar-refractivity contribution in [3.05, 3.63) is 71.3 Å². The van der Waals surface area contributed by atoms with Crippen molar-refractivity contribution in [2.24, 2.45) is 10.9 Å². The van der Waals surface area contributed by atoms with Gasteiger partial charge in [0.15, 0.2) is 5.78 Å². The SMILES string of the molecule is O=C(CC1=NC2(CCC(C(=O)O)CC2)Cc2ccccc21)c1ccccc1. The molecule has 0 bridgehead atoms. The first-order chi connectivity index (χ1) is 13.1. The van der Waals surface area contributed by atoms with E-state index in [0.717, 1.165) is 30.5 Å². The Morgan fingerprint density at radius 2 is 1.67 bits per heavy atom. The predicted octanol–water partition coefficient (Wildman–Crippen LogP) is 4.32. The number of carbonyl (C=O) groups excluding carboxylic acids is 1. The number of aliphatic carboxylic acids is 1. The first kappa shape index (κ1) is 17.7. The van der Waals surface area contributed by atoms with Crippen molar-refractivity contribution in [1.29, 1.82) is 0 Å². The van der Waals surface area contributed by atoms with E-state index in [1.54, 1.807) is 0 Å². The van der Waals surface area contributed by atoms with Gasteiger partial charge in [0, 0.05) is 5.56 Å². The summed E-state index contributed by atoms with van der Waals surface area (Å²) in [4.78, 5) is 29.2. The lowest BCUT2D eigenvalue weighted by Crippen LogP contribution is -2.40. The highest BCUT2D eigenvalue weighted by Gasteiger charge is 2.40. The van der Waals surface area contributed by atoms with Gasteiger partial charge in [0.1, 0.15) is 0 Å². The van der Waals surface area contributed by atoms with Crippen LogP contribution in [0.3, 0.4) is 0 Å². The monoisotopic (exact) mass is 361 g/mol. The number of carboxylic acid groups (broad SMARTS) is 1. The molecule has 2 aliphatic rings. The minimum absolute atomic E-state index is 0.0698. The molecule has 0 amide bonds. The van der Waals surface area contributed by atoms with E-state index in [-0.39, 0.29) is 23.7 Å². The van der Waals surface area contributed by atoms with Gasteiger partial charge in [-0.25, -0.2) is 0 Å². The van der Waals surface area contributed by atoms with Crippen LogP contribution in [0.25, 0.3) is 0 Å². The van der Waals surface area contributed by atoms with Crippen molar-refractivity contribution < 1.29 is 14.7 Å². The molecule has 0 atom stereocenters. The topological polar surface area (TPSA) is 66.7 Å². The molecular weight excluding hydrogens is 338 g/mol. The molecule has 0 aromatic heterocycles. The lowest BCUT2D eigenvalue weighted by atomic mass is 9.71. The van der Waals surface area contributed by atoms with Crippen LogP contribution in [0.2, 0.25) is 0 Å². The third kappa shape index (κ3) is 3.57. The van der Waals surface area contributed by atoms with Gasteiger partial charge in [-0.05, 0) is 43.2 Å². The van der Waals surface area contributed by atoms with E-state index in [2.05, 4.69) is 6.07 Å². The maximum absolute atomic E-state index is 12.8. The first-order valence-electron chi connectivity index (χ1n) is 9.54. The van der Waals surface area contributed by atoms with Crippen LogP contribution in [0.5, 0.6) is 0 Å². The average Bonchev–Trinajstić information content (AvgIpc) is 2.69. The summed E-state index contributed by atoms with van der Waals surface area (Å²) in [6, 6.07) is 17.5. The zero-order chi connectivity index (χ0) is 18.9. The number of nitrogens with zero attached hydrogens (tertiary/aromatic N) is 1. The standard InChI is InChI=1S/C23H23NO3/c25-21(16-6-2-1-3-7-16)14-20-19-9-5-4-8-18(19)15-23(24-20)12-10-17(11-13-23)22(26)27/h1-9,17H,10-15H2,(H,26,27). The minimum atomic E-state index is -0.704. The number of aliphatic imine (C=N–C) groups is 1. The number of hydrogen-bond acceptors (Lipinski definition) is 3. The van der Waals surface area contributed by atoms with Crippen LogP contribution < -0.4 is 0 Å². The molecule has 27 heavy (non-hydrogen) atoms. The minimum Gasteiger partial charge on any atom is -0.481 e. The Hall–Kier alpha value is -2.75. The second-order valence-electron chi connectivity index (χ2n) is 7.70. The largest absolute Gasteiger partial charge is 0.481 e. The number of ketones is 1. The Bertz CT molecular complexity index is 893. The fourth-order valence-corrected chi connectivity index (χ4v) is 4.40. The number of Topliss-reactive ketones (excluding diaryl/α,β-unsaturated/α-hetero) is 1. The van der Waals surface area contributed by atoms with Gasteiger partial charge in [0.2, 0.25) is 0 Å². The molecule has 4 nitrogen and oxygen atoms in total. The molecule has 1 spiro atoms. The van der Waals surface area contributed by atoms with E-state index in [0.29, 0.717) is 18.4 Å². The van der Waals surface area contributed by atoms with Gasteiger partial charge < -0.3 is 5.11 Å². The third-order valence-corrected chi connectivity index (χ3v) is 5.91. The summed E-state index contributed by atoms with van der Waals surface area (Å²) < 4.78 is 0. The van der Waals surface area contributed by atoms with Crippen molar-refractivity contribution in [1.82, 2.24) is 0 Å². The maximum Gasteiger partial charge on any atom is 0.306 e. The highest BCUT2D eigenvalue weighted by Crippen LogP contribution is 2.41. The second kappa shape index (κ2) is 7.10. The third-order valence-electron chi connectivity index (χ3n) is 5.91. The Balaban J connectivity index is 1.64. The van der Waals surface area contributed by atoms with Crippen LogP contribution in [0.1, 0.15) is 53.6 Å². The molecule has 1 heterocycles. The van der Waals surface area contributed by atoms with Crippen molar-refractivity contribution in [2.75, 3.05) is 0 Å². The van der Waals surface area contributed by atoms with E-state index in [4.69, 9.17) is 4.99 Å². The summed E-state index contributed by atoms with van der Waals surface area (Å²) in [6.45, 7) is 0. The summed E-state index contributed by atoms with van der Waals surface area (Å²) in [7, 11) is 0. The maximum atomic E-state index is 12.8. The molecule has 1 N–H and O–H groups in total. The Morgan fingerprint density at radius 3 is 2.37 bits per heavy atom. The molecule has 1 saturated carbocycles. The predicted molar refractivity (Wildman–Crippen MR) is 104 cm³/mol. The van der Waals surface area contributed by atoms with Crippen molar-refractivity contribution >= 4 is 17.5 Å². The summed E-state index contributed by atoms with van der Waals surface area (Å²) in [5.41, 5.74) is 3.57. The van der Waals surface area contributed by atoms with Crippen molar-refractivity contribution in [3.63, 3.8) is 0 Å². The lowest BCUT2D eigenvalue weighted by Gasteiger charge is -2.40. The van der Waals surface area contributed by atoms with Crippen LogP contribution in [-0.2, 0) is 11.2 Å². The molecule has 1 fully saturated rings. The zero-order valence-corrected chi connectivity index (χ0v) is 15.2. The normalized spacial score (nSPS) is 24.1. The van der Waals surface area contributed by atoms with Crippen LogP contribution in [0.15, 0.2) is 59.6 Å². The Labute approximate surface area is 159 Å². The molecule has 138 valence electrons. The van der Waals surface area contributed by atoms with Gasteiger partial charge in [-0.2, -0.15) is 0 Å². The zero-order valence-electron chi connectivity index (χ0n) is 15.2. The Morgan fingerprint density at radius 1 is 1.00 bits per heavy atom. The number of rotatable bonds is 4. The van der Waals surface area contributed by atoms with E-state index < -0.39 is 5.97 Å². The Kier molecular flexibility index (Phi) is 4.65. The van der Waals surface area contributed by atoms with Crippen molar-refractivity contribution in [2.45, 2.75) is 44.1 Å². The number of hydrogen-bond donors (Lipinski definition) is 1. The summed E-state index contributed by atoms with van der Waals surface area (Å²) in [6.07, 6.45) is 3.95. The molecule has 0 saturated heterocycles. The van der Waals surface area contributed by atoms with Crippen LogP contribution in [0.4, 0.5) is 0 Å². The van der Waals surface area contributed by atoms with E-state index in [1.807, 2.05) is 48.5 Å². The molecule has 0 radical (unpaired) electrons. The van der Waals surface area contributed by atoms with E-state index in [9.17, 15) is 14.7 Å². The average molecular weight is 361 g/mol. The van der Waals surface area contributed by atoms with Crippen molar-refractivity contribution in [3.8, 4) is 0 Å². The second-order valence-corrected chi connectivity index (χ2v) is 7.70. The molecule has 0 unspecified atom stereocenters. The molecule has 2 aromatic carbocycles. The van der Waals surface area contributed by atoms with Gasteiger partial charge in [0.25, 0.3) is 0 Å². The summed E-state index contributed by atoms with van der Waals surface area (Å²) in [5, 5.41) is 9.30. The molecule has 4 rings (SSSR count). The van der Waals surface area contributed by atoms with Gasteiger partial charge in [-0.15, -0.1) is 0 Å². The highest BCUT2D eigenvalue weighted by molar-refractivity contribution is 6.16. The number of benzene rings is 2. The fraction of sp³-hybridized carbons (Fsp3) is 0.348. The van der Waals surface area contributed by atoms with Crippen LogP contribution >= 0.6 is 0 Å². The van der Waals surface area contributed by atoms with Gasteiger partial charge in [-0.1, -0.05) is 54.6 Å². The molecule has 1 aliphatic heterocycles. The van der Waals surface area contributed by atoms with Crippen LogP contribution in [0, 0.1) is 5.92 Å². The molecule has 1 aliphatic carbocycles. The van der Waals surface area contributed by atoms with E-state index >= 15 is 0 Å². The number of carbonyl (C=O) groups is 2. The number of fused-ring (bicyclic) bond motifs is 1. The highest BCUT2D eigenvalue weighted by atomic mass is 16.4. The summed E-state index contributed by atoms with van der Waals surface area (Å²) in [5.74, 6) is -0.901. The molecule has 4 heteroatoms.